The number of benzene rings is 1. The minimum absolute atomic E-state index is 0.0891. The highest BCUT2D eigenvalue weighted by atomic mass is 19.1. The van der Waals surface area contributed by atoms with E-state index in [1.165, 1.54) is 12.1 Å². The van der Waals surface area contributed by atoms with Crippen LogP contribution in [0.4, 0.5) is 4.39 Å². The molecular formula is C11H14FNO. The Kier molecular flexibility index (Phi) is 3.25. The molecule has 14 heavy (non-hydrogen) atoms. The van der Waals surface area contributed by atoms with Crippen LogP contribution < -0.4 is 5.73 Å². The number of hydrogen-bond acceptors (Lipinski definition) is 2. The second-order valence-corrected chi connectivity index (χ2v) is 3.47. The largest absolute Gasteiger partial charge is 0.508 e. The predicted octanol–water partition coefficient (Wildman–Crippen LogP) is 2.50. The molecule has 0 spiro atoms. The first-order valence-corrected chi connectivity index (χ1v) is 4.39. The third-order valence-corrected chi connectivity index (χ3v) is 1.95. The van der Waals surface area contributed by atoms with E-state index >= 15 is 0 Å². The molecule has 1 aromatic carbocycles. The maximum Gasteiger partial charge on any atom is 0.131 e. The Balaban J connectivity index is 2.90. The van der Waals surface area contributed by atoms with Gasteiger partial charge in [0.15, 0.2) is 0 Å². The van der Waals surface area contributed by atoms with E-state index in [-0.39, 0.29) is 5.75 Å². The van der Waals surface area contributed by atoms with E-state index in [1.807, 2.05) is 6.92 Å². The second kappa shape index (κ2) is 4.24. The number of phenolic OH excluding ortho intramolecular Hbond substituents is 1. The summed E-state index contributed by atoms with van der Waals surface area (Å²) in [6.07, 6.45) is 0.543. The maximum absolute atomic E-state index is 13.3. The van der Waals surface area contributed by atoms with Gasteiger partial charge in [0.1, 0.15) is 11.6 Å². The molecule has 0 aliphatic rings. The number of nitrogens with two attached hydrogens (primary N) is 1. The molecule has 0 saturated carbocycles. The fourth-order valence-corrected chi connectivity index (χ4v) is 1.30. The van der Waals surface area contributed by atoms with Crippen molar-refractivity contribution < 1.29 is 9.50 Å². The van der Waals surface area contributed by atoms with Crippen LogP contribution in [0.25, 0.3) is 0 Å². The molecule has 2 nitrogen and oxygen atoms in total. The van der Waals surface area contributed by atoms with E-state index in [1.54, 1.807) is 0 Å². The average molecular weight is 195 g/mol. The van der Waals surface area contributed by atoms with Crippen LogP contribution in [0.5, 0.6) is 5.75 Å². The molecule has 1 unspecified atom stereocenters. The lowest BCUT2D eigenvalue weighted by Gasteiger charge is -2.12. The highest BCUT2D eigenvalue weighted by Crippen LogP contribution is 2.23. The molecule has 3 N–H and O–H groups in total. The second-order valence-electron chi connectivity index (χ2n) is 3.47. The van der Waals surface area contributed by atoms with Gasteiger partial charge in [0.2, 0.25) is 0 Å². The van der Waals surface area contributed by atoms with Gasteiger partial charge in [-0.25, -0.2) is 4.39 Å². The quantitative estimate of drug-likeness (QED) is 0.728. The van der Waals surface area contributed by atoms with E-state index in [0.29, 0.717) is 12.0 Å². The molecule has 0 heterocycles. The van der Waals surface area contributed by atoms with Gasteiger partial charge in [0.05, 0.1) is 0 Å². The number of aromatic hydroxyl groups is 1. The summed E-state index contributed by atoms with van der Waals surface area (Å²) in [5.74, 6) is -0.562. The Morgan fingerprint density at radius 1 is 1.64 bits per heavy atom. The first-order valence-electron chi connectivity index (χ1n) is 4.39. The van der Waals surface area contributed by atoms with E-state index in [0.717, 1.165) is 11.6 Å². The molecule has 1 rings (SSSR count). The van der Waals surface area contributed by atoms with E-state index in [2.05, 4.69) is 6.58 Å². The van der Waals surface area contributed by atoms with Crippen LogP contribution >= 0.6 is 0 Å². The fourth-order valence-electron chi connectivity index (χ4n) is 1.30. The monoisotopic (exact) mass is 195 g/mol. The van der Waals surface area contributed by atoms with E-state index in [9.17, 15) is 4.39 Å². The fraction of sp³-hybridized carbons (Fsp3) is 0.273. The minimum Gasteiger partial charge on any atom is -0.508 e. The van der Waals surface area contributed by atoms with Crippen molar-refractivity contribution in [3.63, 3.8) is 0 Å². The van der Waals surface area contributed by atoms with E-state index in [4.69, 9.17) is 10.8 Å². The van der Waals surface area contributed by atoms with Crippen molar-refractivity contribution in [2.75, 3.05) is 0 Å². The van der Waals surface area contributed by atoms with Crippen molar-refractivity contribution in [3.8, 4) is 5.75 Å². The molecule has 3 heteroatoms. The van der Waals surface area contributed by atoms with Gasteiger partial charge in [0.25, 0.3) is 0 Å². The van der Waals surface area contributed by atoms with Crippen LogP contribution in [0, 0.1) is 5.82 Å². The maximum atomic E-state index is 13.3. The van der Waals surface area contributed by atoms with Gasteiger partial charge in [-0.1, -0.05) is 11.6 Å². The molecule has 0 fully saturated rings. The molecule has 0 saturated heterocycles. The minimum atomic E-state index is -0.473. The van der Waals surface area contributed by atoms with Crippen LogP contribution in [-0.2, 0) is 0 Å². The summed E-state index contributed by atoms with van der Waals surface area (Å²) in [5.41, 5.74) is 7.08. The average Bonchev–Trinajstić information content (AvgIpc) is 2.01. The van der Waals surface area contributed by atoms with Crippen molar-refractivity contribution in [1.82, 2.24) is 0 Å². The Labute approximate surface area is 82.9 Å². The van der Waals surface area contributed by atoms with Gasteiger partial charge in [-0.05, 0) is 19.4 Å². The first-order chi connectivity index (χ1) is 6.50. The number of hydrogen-bond donors (Lipinski definition) is 2. The highest BCUT2D eigenvalue weighted by molar-refractivity contribution is 5.30. The number of halogens is 1. The van der Waals surface area contributed by atoms with Crippen molar-refractivity contribution in [2.45, 2.75) is 19.4 Å². The number of rotatable bonds is 3. The lowest BCUT2D eigenvalue weighted by Crippen LogP contribution is -2.12. The van der Waals surface area contributed by atoms with Gasteiger partial charge in [-0.3, -0.25) is 0 Å². The molecule has 1 aromatic rings. The van der Waals surface area contributed by atoms with E-state index < -0.39 is 11.9 Å². The van der Waals surface area contributed by atoms with Crippen LogP contribution in [0.3, 0.4) is 0 Å². The first kappa shape index (κ1) is 10.7. The zero-order valence-corrected chi connectivity index (χ0v) is 8.13. The Morgan fingerprint density at radius 2 is 2.29 bits per heavy atom. The Bertz CT molecular complexity index is 349. The predicted molar refractivity (Wildman–Crippen MR) is 54.4 cm³/mol. The topological polar surface area (TPSA) is 46.2 Å². The summed E-state index contributed by atoms with van der Waals surface area (Å²) in [6.45, 7) is 5.56. The zero-order valence-electron chi connectivity index (χ0n) is 8.13. The summed E-state index contributed by atoms with van der Waals surface area (Å²) in [6, 6.07) is 3.59. The van der Waals surface area contributed by atoms with Gasteiger partial charge < -0.3 is 10.8 Å². The van der Waals surface area contributed by atoms with Gasteiger partial charge in [-0.15, -0.1) is 6.58 Å². The molecule has 1 atom stereocenters. The van der Waals surface area contributed by atoms with Crippen molar-refractivity contribution >= 4 is 0 Å². The van der Waals surface area contributed by atoms with Gasteiger partial charge >= 0.3 is 0 Å². The van der Waals surface area contributed by atoms with Crippen molar-refractivity contribution in [2.24, 2.45) is 5.73 Å². The summed E-state index contributed by atoms with van der Waals surface area (Å²) < 4.78 is 13.3. The highest BCUT2D eigenvalue weighted by Gasteiger charge is 2.11. The third kappa shape index (κ3) is 2.57. The SMILES string of the molecule is C=C(C)CC(N)c1ccc(O)cc1F. The molecule has 0 aliphatic carbocycles. The molecule has 0 amide bonds. The Hall–Kier alpha value is -1.35. The summed E-state index contributed by atoms with van der Waals surface area (Å²) in [7, 11) is 0. The molecule has 76 valence electrons. The third-order valence-electron chi connectivity index (χ3n) is 1.95. The smallest absolute Gasteiger partial charge is 0.131 e. The number of phenols is 1. The zero-order chi connectivity index (χ0) is 10.7. The van der Waals surface area contributed by atoms with Crippen LogP contribution in [0.15, 0.2) is 30.4 Å². The normalized spacial score (nSPS) is 12.5. The van der Waals surface area contributed by atoms with Crippen LogP contribution in [0.2, 0.25) is 0 Å². The summed E-state index contributed by atoms with van der Waals surface area (Å²) in [4.78, 5) is 0. The molecule has 0 aliphatic heterocycles. The van der Waals surface area contributed by atoms with Crippen molar-refractivity contribution in [3.05, 3.63) is 41.7 Å². The lowest BCUT2D eigenvalue weighted by atomic mass is 10.0. The summed E-state index contributed by atoms with van der Waals surface area (Å²) >= 11 is 0. The van der Waals surface area contributed by atoms with Crippen LogP contribution in [-0.4, -0.2) is 5.11 Å². The van der Waals surface area contributed by atoms with Gasteiger partial charge in [-0.2, -0.15) is 0 Å². The molecule has 0 aromatic heterocycles. The molecule has 0 bridgehead atoms. The van der Waals surface area contributed by atoms with Gasteiger partial charge in [0, 0.05) is 17.7 Å². The van der Waals surface area contributed by atoms with Crippen molar-refractivity contribution in [1.29, 1.82) is 0 Å². The summed E-state index contributed by atoms with van der Waals surface area (Å²) in [5, 5.41) is 9.00. The molecule has 0 radical (unpaired) electrons. The van der Waals surface area contributed by atoms with Crippen LogP contribution in [0.1, 0.15) is 24.9 Å². The molecular weight excluding hydrogens is 181 g/mol. The lowest BCUT2D eigenvalue weighted by molar-refractivity contribution is 0.466. The standard InChI is InChI=1S/C11H14FNO/c1-7(2)5-11(13)9-4-3-8(14)6-10(9)12/h3-4,6,11,14H,1,5,13H2,2H3. The Morgan fingerprint density at radius 3 is 2.79 bits per heavy atom.